The van der Waals surface area contributed by atoms with Gasteiger partial charge in [0.1, 0.15) is 17.7 Å². The summed E-state index contributed by atoms with van der Waals surface area (Å²) in [5, 5.41) is 3.60. The topological polar surface area (TPSA) is 21.3 Å². The van der Waals surface area contributed by atoms with Crippen molar-refractivity contribution >= 4 is 0 Å². The molecule has 2 nitrogen and oxygen atoms in total. The van der Waals surface area contributed by atoms with E-state index < -0.39 is 0 Å². The number of halogens is 1. The van der Waals surface area contributed by atoms with Gasteiger partial charge in [-0.3, -0.25) is 0 Å². The molecule has 2 aliphatic rings. The predicted molar refractivity (Wildman–Crippen MR) is 80.2 cm³/mol. The van der Waals surface area contributed by atoms with Crippen molar-refractivity contribution in [3.63, 3.8) is 0 Å². The van der Waals surface area contributed by atoms with Crippen LogP contribution in [0.3, 0.4) is 0 Å². The number of rotatable bonds is 3. The van der Waals surface area contributed by atoms with Gasteiger partial charge in [-0.05, 0) is 42.2 Å². The molecular weight excluding hydrogens is 265 g/mol. The van der Waals surface area contributed by atoms with Crippen molar-refractivity contribution in [3.8, 4) is 5.75 Å². The second kappa shape index (κ2) is 5.15. The fourth-order valence-corrected chi connectivity index (χ4v) is 3.40. The highest BCUT2D eigenvalue weighted by atomic mass is 19.1. The quantitative estimate of drug-likeness (QED) is 0.935. The average Bonchev–Trinajstić information content (AvgIpc) is 3.07. The molecule has 1 atom stereocenters. The largest absolute Gasteiger partial charge is 0.488 e. The van der Waals surface area contributed by atoms with E-state index in [0.29, 0.717) is 6.04 Å². The first-order chi connectivity index (χ1) is 10.3. The minimum absolute atomic E-state index is 0.116. The summed E-state index contributed by atoms with van der Waals surface area (Å²) in [7, 11) is 0. The zero-order chi connectivity index (χ0) is 14.2. The summed E-state index contributed by atoms with van der Waals surface area (Å²) in [4.78, 5) is 0. The molecule has 4 rings (SSSR count). The number of hydrogen-bond donors (Lipinski definition) is 1. The number of benzene rings is 2. The molecule has 0 bridgehead atoms. The third-order valence-electron chi connectivity index (χ3n) is 4.45. The predicted octanol–water partition coefficient (Wildman–Crippen LogP) is 2.89. The van der Waals surface area contributed by atoms with E-state index in [2.05, 4.69) is 29.6 Å². The SMILES string of the molecule is Fc1ccc2c(c1)CC(CNC1Cc3ccccc3C1)O2. The summed E-state index contributed by atoms with van der Waals surface area (Å²) >= 11 is 0. The van der Waals surface area contributed by atoms with Crippen LogP contribution >= 0.6 is 0 Å². The van der Waals surface area contributed by atoms with E-state index in [9.17, 15) is 4.39 Å². The van der Waals surface area contributed by atoms with Gasteiger partial charge in [0.05, 0.1) is 0 Å². The number of hydrogen-bond acceptors (Lipinski definition) is 2. The Morgan fingerprint density at radius 3 is 2.52 bits per heavy atom. The molecule has 0 amide bonds. The third-order valence-corrected chi connectivity index (χ3v) is 4.45. The van der Waals surface area contributed by atoms with E-state index in [0.717, 1.165) is 37.1 Å². The van der Waals surface area contributed by atoms with E-state index in [1.807, 2.05) is 0 Å². The second-order valence-corrected chi connectivity index (χ2v) is 5.98. The van der Waals surface area contributed by atoms with Gasteiger partial charge in [0.25, 0.3) is 0 Å². The third kappa shape index (κ3) is 2.54. The fourth-order valence-electron chi connectivity index (χ4n) is 3.40. The van der Waals surface area contributed by atoms with Gasteiger partial charge in [0, 0.05) is 24.6 Å². The van der Waals surface area contributed by atoms with Gasteiger partial charge in [-0.25, -0.2) is 4.39 Å². The Morgan fingerprint density at radius 1 is 1.00 bits per heavy atom. The van der Waals surface area contributed by atoms with Crippen LogP contribution in [-0.2, 0) is 19.3 Å². The summed E-state index contributed by atoms with van der Waals surface area (Å²) in [5.74, 6) is 0.648. The van der Waals surface area contributed by atoms with Crippen LogP contribution in [-0.4, -0.2) is 18.7 Å². The average molecular weight is 283 g/mol. The Morgan fingerprint density at radius 2 is 1.76 bits per heavy atom. The molecule has 1 aliphatic heterocycles. The lowest BCUT2D eigenvalue weighted by Gasteiger charge is -2.16. The molecule has 1 N–H and O–H groups in total. The van der Waals surface area contributed by atoms with E-state index in [-0.39, 0.29) is 11.9 Å². The van der Waals surface area contributed by atoms with Gasteiger partial charge >= 0.3 is 0 Å². The Bertz CT molecular complexity index is 645. The van der Waals surface area contributed by atoms with Gasteiger partial charge in [-0.2, -0.15) is 0 Å². The molecule has 108 valence electrons. The Kier molecular flexibility index (Phi) is 3.15. The number of fused-ring (bicyclic) bond motifs is 2. The monoisotopic (exact) mass is 283 g/mol. The first-order valence-electron chi connectivity index (χ1n) is 7.53. The molecule has 2 aromatic carbocycles. The molecule has 1 unspecified atom stereocenters. The zero-order valence-corrected chi connectivity index (χ0v) is 11.8. The van der Waals surface area contributed by atoms with Crippen LogP contribution in [0.2, 0.25) is 0 Å². The molecule has 3 heteroatoms. The Balaban J connectivity index is 1.34. The normalized spacial score (nSPS) is 20.1. The van der Waals surface area contributed by atoms with Crippen LogP contribution in [0.4, 0.5) is 4.39 Å². The summed E-state index contributed by atoms with van der Waals surface area (Å²) in [6.45, 7) is 0.814. The first-order valence-corrected chi connectivity index (χ1v) is 7.53. The molecule has 0 saturated carbocycles. The summed E-state index contributed by atoms with van der Waals surface area (Å²) in [5.41, 5.74) is 3.89. The zero-order valence-electron chi connectivity index (χ0n) is 11.8. The molecule has 0 saturated heterocycles. The number of ether oxygens (including phenoxy) is 1. The van der Waals surface area contributed by atoms with Crippen LogP contribution in [0.5, 0.6) is 5.75 Å². The maximum Gasteiger partial charge on any atom is 0.123 e. The highest BCUT2D eigenvalue weighted by Crippen LogP contribution is 2.29. The van der Waals surface area contributed by atoms with Crippen molar-refractivity contribution in [2.75, 3.05) is 6.54 Å². The highest BCUT2D eigenvalue weighted by molar-refractivity contribution is 5.38. The van der Waals surface area contributed by atoms with E-state index >= 15 is 0 Å². The standard InChI is InChI=1S/C18H18FNO/c19-15-5-6-18-14(7-15)10-17(21-18)11-20-16-8-12-3-1-2-4-13(12)9-16/h1-7,16-17,20H,8-11H2. The number of nitrogens with one attached hydrogen (secondary N) is 1. The molecule has 0 radical (unpaired) electrons. The van der Waals surface area contributed by atoms with Crippen molar-refractivity contribution in [1.29, 1.82) is 0 Å². The smallest absolute Gasteiger partial charge is 0.123 e. The van der Waals surface area contributed by atoms with Crippen molar-refractivity contribution in [3.05, 3.63) is 65.0 Å². The summed E-state index contributed by atoms with van der Waals surface area (Å²) in [6, 6.07) is 13.9. The van der Waals surface area contributed by atoms with Gasteiger partial charge in [0.15, 0.2) is 0 Å². The molecule has 1 aliphatic carbocycles. The van der Waals surface area contributed by atoms with Gasteiger partial charge < -0.3 is 10.1 Å². The Labute approximate surface area is 123 Å². The van der Waals surface area contributed by atoms with Crippen molar-refractivity contribution in [2.24, 2.45) is 0 Å². The summed E-state index contributed by atoms with van der Waals surface area (Å²) in [6.07, 6.45) is 3.08. The molecule has 0 fully saturated rings. The summed E-state index contributed by atoms with van der Waals surface area (Å²) < 4.78 is 19.1. The van der Waals surface area contributed by atoms with Crippen molar-refractivity contribution in [2.45, 2.75) is 31.4 Å². The van der Waals surface area contributed by atoms with E-state index in [4.69, 9.17) is 4.74 Å². The van der Waals surface area contributed by atoms with Crippen LogP contribution in [0.25, 0.3) is 0 Å². The maximum absolute atomic E-state index is 13.2. The molecule has 0 spiro atoms. The van der Waals surface area contributed by atoms with Crippen LogP contribution < -0.4 is 10.1 Å². The van der Waals surface area contributed by atoms with Crippen molar-refractivity contribution in [1.82, 2.24) is 5.32 Å². The van der Waals surface area contributed by atoms with Gasteiger partial charge in [0.2, 0.25) is 0 Å². The lowest BCUT2D eigenvalue weighted by Crippen LogP contribution is -2.37. The lowest BCUT2D eigenvalue weighted by molar-refractivity contribution is 0.221. The van der Waals surface area contributed by atoms with Crippen molar-refractivity contribution < 1.29 is 9.13 Å². The first kappa shape index (κ1) is 12.8. The highest BCUT2D eigenvalue weighted by Gasteiger charge is 2.26. The van der Waals surface area contributed by atoms with E-state index in [1.54, 1.807) is 12.1 Å². The Hall–Kier alpha value is -1.87. The molecule has 0 aromatic heterocycles. The molecule has 1 heterocycles. The molecular formula is C18H18FNO. The minimum Gasteiger partial charge on any atom is -0.488 e. The van der Waals surface area contributed by atoms with Gasteiger partial charge in [-0.15, -0.1) is 0 Å². The molecule has 2 aromatic rings. The molecule has 21 heavy (non-hydrogen) atoms. The van der Waals surface area contributed by atoms with Crippen LogP contribution in [0, 0.1) is 5.82 Å². The van der Waals surface area contributed by atoms with E-state index in [1.165, 1.54) is 17.2 Å². The fraction of sp³-hybridized carbons (Fsp3) is 0.333. The second-order valence-electron chi connectivity index (χ2n) is 5.98. The van der Waals surface area contributed by atoms with Gasteiger partial charge in [-0.1, -0.05) is 24.3 Å². The lowest BCUT2D eigenvalue weighted by atomic mass is 10.1. The van der Waals surface area contributed by atoms with Crippen LogP contribution in [0.15, 0.2) is 42.5 Å². The van der Waals surface area contributed by atoms with Crippen LogP contribution in [0.1, 0.15) is 16.7 Å². The minimum atomic E-state index is -0.183. The maximum atomic E-state index is 13.2.